The van der Waals surface area contributed by atoms with E-state index in [2.05, 4.69) is 0 Å². The summed E-state index contributed by atoms with van der Waals surface area (Å²) in [6.45, 7) is 0. The van der Waals surface area contributed by atoms with Crippen LogP contribution in [0, 0.1) is 0 Å². The lowest BCUT2D eigenvalue weighted by atomic mass is 10.0. The fraction of sp³-hybridized carbons (Fsp3) is 0.300. The van der Waals surface area contributed by atoms with Crippen LogP contribution in [0.5, 0.6) is 0 Å². The molecular formula is C10H7F5O. The fourth-order valence-corrected chi connectivity index (χ4v) is 1.17. The molecule has 0 spiro atoms. The van der Waals surface area contributed by atoms with E-state index in [1.165, 1.54) is 0 Å². The zero-order valence-corrected chi connectivity index (χ0v) is 7.89. The number of hydrogen-bond donors (Lipinski definition) is 0. The second-order valence-corrected chi connectivity index (χ2v) is 3.25. The van der Waals surface area contributed by atoms with Gasteiger partial charge >= 0.3 is 12.1 Å². The topological polar surface area (TPSA) is 17.1 Å². The summed E-state index contributed by atoms with van der Waals surface area (Å²) >= 11 is 0. The van der Waals surface area contributed by atoms with E-state index >= 15 is 0 Å². The van der Waals surface area contributed by atoms with Crippen LogP contribution in [-0.4, -0.2) is 12.2 Å². The predicted molar refractivity (Wildman–Crippen MR) is 46.2 cm³/mol. The molecule has 0 saturated carbocycles. The molecule has 16 heavy (non-hydrogen) atoms. The zero-order chi connectivity index (χ0) is 12.4. The molecule has 0 fully saturated rings. The molecule has 6 heteroatoms. The van der Waals surface area contributed by atoms with Crippen molar-refractivity contribution >= 4 is 6.29 Å². The first-order valence-corrected chi connectivity index (χ1v) is 4.25. The summed E-state index contributed by atoms with van der Waals surface area (Å²) in [7, 11) is 0. The Morgan fingerprint density at radius 1 is 1.12 bits per heavy atom. The summed E-state index contributed by atoms with van der Waals surface area (Å²) in [6, 6.07) is 3.53. The molecule has 0 aliphatic carbocycles. The Kier molecular flexibility index (Phi) is 3.30. The normalized spacial score (nSPS) is 12.6. The van der Waals surface area contributed by atoms with Gasteiger partial charge in [-0.15, -0.1) is 0 Å². The lowest BCUT2D eigenvalue weighted by Gasteiger charge is -2.11. The molecule has 0 aliphatic heterocycles. The van der Waals surface area contributed by atoms with Gasteiger partial charge < -0.3 is 0 Å². The van der Waals surface area contributed by atoms with Crippen LogP contribution >= 0.6 is 0 Å². The summed E-state index contributed by atoms with van der Waals surface area (Å²) in [5, 5.41) is 0. The Hall–Kier alpha value is -1.46. The van der Waals surface area contributed by atoms with Crippen molar-refractivity contribution in [1.29, 1.82) is 0 Å². The van der Waals surface area contributed by atoms with Gasteiger partial charge in [0, 0.05) is 6.42 Å². The average Bonchev–Trinajstić information content (AvgIpc) is 2.16. The van der Waals surface area contributed by atoms with Crippen molar-refractivity contribution in [3.63, 3.8) is 0 Å². The molecule has 88 valence electrons. The van der Waals surface area contributed by atoms with E-state index in [1.807, 2.05) is 0 Å². The molecule has 0 heterocycles. The van der Waals surface area contributed by atoms with Crippen molar-refractivity contribution in [3.05, 3.63) is 35.4 Å². The number of hydrogen-bond acceptors (Lipinski definition) is 1. The molecule has 1 aromatic rings. The Bertz CT molecular complexity index is 383. The standard InChI is InChI=1S/C10H7F5O/c11-9(12,6-16)5-7-2-1-3-8(4-7)10(13,14)15/h1-4,6H,5H2. The average molecular weight is 238 g/mol. The van der Waals surface area contributed by atoms with Crippen LogP contribution in [0.1, 0.15) is 11.1 Å². The van der Waals surface area contributed by atoms with Crippen LogP contribution in [0.15, 0.2) is 24.3 Å². The summed E-state index contributed by atoms with van der Waals surface area (Å²) < 4.78 is 61.9. The van der Waals surface area contributed by atoms with Gasteiger partial charge in [0.05, 0.1) is 5.56 Å². The van der Waals surface area contributed by atoms with Crippen molar-refractivity contribution in [2.45, 2.75) is 18.5 Å². The van der Waals surface area contributed by atoms with Gasteiger partial charge in [0.2, 0.25) is 0 Å². The lowest BCUT2D eigenvalue weighted by molar-refractivity contribution is -0.137. The molecule has 1 nitrogen and oxygen atoms in total. The van der Waals surface area contributed by atoms with Crippen molar-refractivity contribution in [3.8, 4) is 0 Å². The fourth-order valence-electron chi connectivity index (χ4n) is 1.17. The number of halogens is 5. The minimum Gasteiger partial charge on any atom is -0.297 e. The molecule has 1 rings (SSSR count). The molecule has 0 unspecified atom stereocenters. The Morgan fingerprint density at radius 2 is 1.75 bits per heavy atom. The predicted octanol–water partition coefficient (Wildman–Crippen LogP) is 3.08. The van der Waals surface area contributed by atoms with Crippen LogP contribution in [0.2, 0.25) is 0 Å². The Labute approximate surface area is 87.9 Å². The van der Waals surface area contributed by atoms with Crippen molar-refractivity contribution < 1.29 is 26.7 Å². The van der Waals surface area contributed by atoms with E-state index in [9.17, 15) is 26.7 Å². The molecule has 0 radical (unpaired) electrons. The second kappa shape index (κ2) is 4.19. The maximum atomic E-state index is 12.6. The lowest BCUT2D eigenvalue weighted by Crippen LogP contribution is -2.21. The highest BCUT2D eigenvalue weighted by Gasteiger charge is 2.32. The monoisotopic (exact) mass is 238 g/mol. The molecule has 1 aromatic carbocycles. The van der Waals surface area contributed by atoms with Gasteiger partial charge in [0.15, 0.2) is 6.29 Å². The van der Waals surface area contributed by atoms with E-state index in [0.29, 0.717) is 6.07 Å². The van der Waals surface area contributed by atoms with Gasteiger partial charge in [0.1, 0.15) is 0 Å². The first kappa shape index (κ1) is 12.6. The van der Waals surface area contributed by atoms with Crippen LogP contribution in [0.4, 0.5) is 22.0 Å². The largest absolute Gasteiger partial charge is 0.416 e. The van der Waals surface area contributed by atoms with Crippen molar-refractivity contribution in [2.24, 2.45) is 0 Å². The highest BCUT2D eigenvalue weighted by atomic mass is 19.4. The van der Waals surface area contributed by atoms with Crippen LogP contribution in [0.3, 0.4) is 0 Å². The summed E-state index contributed by atoms with van der Waals surface area (Å²) in [5.41, 5.74) is -1.24. The molecular weight excluding hydrogens is 231 g/mol. The third-order valence-electron chi connectivity index (χ3n) is 1.87. The van der Waals surface area contributed by atoms with E-state index in [4.69, 9.17) is 0 Å². The van der Waals surface area contributed by atoms with E-state index in [0.717, 1.165) is 18.2 Å². The van der Waals surface area contributed by atoms with Crippen LogP contribution in [0.25, 0.3) is 0 Å². The third-order valence-corrected chi connectivity index (χ3v) is 1.87. The summed E-state index contributed by atoms with van der Waals surface area (Å²) in [5.74, 6) is -3.63. The smallest absolute Gasteiger partial charge is 0.297 e. The highest BCUT2D eigenvalue weighted by Crippen LogP contribution is 2.30. The second-order valence-electron chi connectivity index (χ2n) is 3.25. The number of aldehydes is 1. The van der Waals surface area contributed by atoms with Gasteiger partial charge in [-0.05, 0) is 11.6 Å². The minimum atomic E-state index is -4.58. The van der Waals surface area contributed by atoms with Gasteiger partial charge in [-0.1, -0.05) is 18.2 Å². The van der Waals surface area contributed by atoms with Crippen LogP contribution < -0.4 is 0 Å². The highest BCUT2D eigenvalue weighted by molar-refractivity contribution is 5.60. The molecule has 0 saturated heterocycles. The number of benzene rings is 1. The van der Waals surface area contributed by atoms with Crippen LogP contribution in [-0.2, 0) is 17.4 Å². The van der Waals surface area contributed by atoms with E-state index < -0.39 is 30.4 Å². The SMILES string of the molecule is O=CC(F)(F)Cc1cccc(C(F)(F)F)c1. The van der Waals surface area contributed by atoms with Gasteiger partial charge in [-0.3, -0.25) is 4.79 Å². The number of carbonyl (C=O) groups is 1. The van der Waals surface area contributed by atoms with E-state index in [1.54, 1.807) is 0 Å². The van der Waals surface area contributed by atoms with E-state index in [-0.39, 0.29) is 5.56 Å². The molecule has 0 bridgehead atoms. The molecule has 0 atom stereocenters. The first-order valence-electron chi connectivity index (χ1n) is 4.25. The van der Waals surface area contributed by atoms with Gasteiger partial charge in [0.25, 0.3) is 0 Å². The van der Waals surface area contributed by atoms with Gasteiger partial charge in [-0.25, -0.2) is 0 Å². The third kappa shape index (κ3) is 3.29. The molecule has 0 aliphatic rings. The van der Waals surface area contributed by atoms with Gasteiger partial charge in [-0.2, -0.15) is 22.0 Å². The number of alkyl halides is 5. The van der Waals surface area contributed by atoms with Crippen molar-refractivity contribution in [2.75, 3.05) is 0 Å². The number of carbonyl (C=O) groups excluding carboxylic acids is 1. The maximum absolute atomic E-state index is 12.6. The van der Waals surface area contributed by atoms with Crippen molar-refractivity contribution in [1.82, 2.24) is 0 Å². The maximum Gasteiger partial charge on any atom is 0.416 e. The summed E-state index contributed by atoms with van der Waals surface area (Å²) in [6.07, 6.45) is -6.18. The first-order chi connectivity index (χ1) is 7.24. The molecule has 0 amide bonds. The summed E-state index contributed by atoms with van der Waals surface area (Å²) in [4.78, 5) is 9.94. The Balaban J connectivity index is 2.96. The quantitative estimate of drug-likeness (QED) is 0.584. The number of rotatable bonds is 3. The molecule has 0 N–H and O–H groups in total. The molecule has 0 aromatic heterocycles. The zero-order valence-electron chi connectivity index (χ0n) is 7.89. The minimum absolute atomic E-state index is 0.230. The Morgan fingerprint density at radius 3 is 2.25 bits per heavy atom.